The Morgan fingerprint density at radius 3 is 2.83 bits per heavy atom. The lowest BCUT2D eigenvalue weighted by atomic mass is 9.72. The maximum absolute atomic E-state index is 12.7. The summed E-state index contributed by atoms with van der Waals surface area (Å²) in [6.07, 6.45) is 6.61. The van der Waals surface area contributed by atoms with Crippen molar-refractivity contribution in [1.82, 2.24) is 10.3 Å². The van der Waals surface area contributed by atoms with Crippen molar-refractivity contribution in [2.24, 2.45) is 11.3 Å². The molecule has 4 rings (SSSR count). The van der Waals surface area contributed by atoms with Crippen molar-refractivity contribution in [1.29, 1.82) is 0 Å². The van der Waals surface area contributed by atoms with E-state index in [1.807, 2.05) is 12.1 Å². The molecule has 1 amide bonds. The molecule has 1 aliphatic heterocycles. The van der Waals surface area contributed by atoms with E-state index in [9.17, 15) is 4.79 Å². The van der Waals surface area contributed by atoms with Crippen LogP contribution in [0.5, 0.6) is 0 Å². The minimum atomic E-state index is -0.197. The zero-order valence-electron chi connectivity index (χ0n) is 14.3. The van der Waals surface area contributed by atoms with Crippen LogP contribution in [0.4, 0.5) is 5.00 Å². The van der Waals surface area contributed by atoms with Crippen LogP contribution >= 0.6 is 11.3 Å². The summed E-state index contributed by atoms with van der Waals surface area (Å²) >= 11 is 1.77. The second-order valence-corrected chi connectivity index (χ2v) is 8.96. The topological polar surface area (TPSA) is 54.0 Å². The van der Waals surface area contributed by atoms with Crippen LogP contribution in [0.2, 0.25) is 0 Å². The van der Waals surface area contributed by atoms with E-state index in [-0.39, 0.29) is 12.1 Å². The molecule has 0 spiro atoms. The molecule has 0 saturated carbocycles. The second kappa shape index (κ2) is 5.59. The van der Waals surface area contributed by atoms with Gasteiger partial charge < -0.3 is 10.6 Å². The van der Waals surface area contributed by atoms with Gasteiger partial charge in [-0.05, 0) is 42.2 Å². The van der Waals surface area contributed by atoms with Crippen LogP contribution in [-0.4, -0.2) is 10.9 Å². The van der Waals surface area contributed by atoms with Crippen molar-refractivity contribution in [3.63, 3.8) is 0 Å². The van der Waals surface area contributed by atoms with E-state index in [4.69, 9.17) is 0 Å². The number of aromatic nitrogens is 1. The van der Waals surface area contributed by atoms with Gasteiger partial charge >= 0.3 is 0 Å². The maximum atomic E-state index is 12.7. The molecule has 126 valence electrons. The van der Waals surface area contributed by atoms with E-state index < -0.39 is 0 Å². The van der Waals surface area contributed by atoms with Gasteiger partial charge in [0.05, 0.1) is 5.56 Å². The zero-order valence-corrected chi connectivity index (χ0v) is 15.2. The number of anilines is 1. The highest BCUT2D eigenvalue weighted by Gasteiger charge is 2.36. The van der Waals surface area contributed by atoms with Gasteiger partial charge in [0.15, 0.2) is 0 Å². The fraction of sp³-hybridized carbons (Fsp3) is 0.474. The van der Waals surface area contributed by atoms with Gasteiger partial charge in [-0.15, -0.1) is 11.3 Å². The highest BCUT2D eigenvalue weighted by Crippen LogP contribution is 2.45. The Morgan fingerprint density at radius 2 is 2.12 bits per heavy atom. The van der Waals surface area contributed by atoms with Crippen molar-refractivity contribution in [2.75, 3.05) is 5.32 Å². The van der Waals surface area contributed by atoms with E-state index in [0.29, 0.717) is 11.3 Å². The van der Waals surface area contributed by atoms with Crippen LogP contribution in [0.3, 0.4) is 0 Å². The summed E-state index contributed by atoms with van der Waals surface area (Å²) in [5, 5.41) is 7.60. The first-order valence-electron chi connectivity index (χ1n) is 8.55. The minimum Gasteiger partial charge on any atom is -0.353 e. The molecule has 24 heavy (non-hydrogen) atoms. The van der Waals surface area contributed by atoms with Gasteiger partial charge in [-0.1, -0.05) is 26.8 Å². The highest BCUT2D eigenvalue weighted by molar-refractivity contribution is 7.16. The highest BCUT2D eigenvalue weighted by atomic mass is 32.1. The number of fused-ring (bicyclic) bond motifs is 3. The standard InChI is InChI=1S/C19H23N3OS/c1-19(2,3)12-6-7-13-14(9-12)24-18-15(13)17(23)21-16(22-18)11-5-4-8-20-10-11/h4-5,8,10,12,16,22H,6-7,9H2,1-3H3,(H,21,23)/t12-,16+/m1/s1. The third kappa shape index (κ3) is 2.61. The van der Waals surface area contributed by atoms with Crippen molar-refractivity contribution < 1.29 is 4.79 Å². The summed E-state index contributed by atoms with van der Waals surface area (Å²) in [4.78, 5) is 18.3. The van der Waals surface area contributed by atoms with Gasteiger partial charge in [-0.3, -0.25) is 9.78 Å². The number of nitrogens with zero attached hydrogens (tertiary/aromatic N) is 1. The normalized spacial score (nSPS) is 23.0. The molecule has 0 unspecified atom stereocenters. The second-order valence-electron chi connectivity index (χ2n) is 7.85. The van der Waals surface area contributed by atoms with Crippen LogP contribution in [0, 0.1) is 11.3 Å². The molecule has 2 aromatic heterocycles. The Balaban J connectivity index is 1.66. The van der Waals surface area contributed by atoms with Crippen LogP contribution in [0.25, 0.3) is 0 Å². The average molecular weight is 341 g/mol. The van der Waals surface area contributed by atoms with E-state index in [0.717, 1.165) is 29.0 Å². The van der Waals surface area contributed by atoms with Crippen molar-refractivity contribution >= 4 is 22.2 Å². The van der Waals surface area contributed by atoms with E-state index >= 15 is 0 Å². The molecular weight excluding hydrogens is 318 g/mol. The summed E-state index contributed by atoms with van der Waals surface area (Å²) in [7, 11) is 0. The van der Waals surface area contributed by atoms with Crippen molar-refractivity contribution in [3.05, 3.63) is 46.1 Å². The number of carbonyl (C=O) groups is 1. The molecule has 2 aliphatic rings. The molecule has 0 bridgehead atoms. The van der Waals surface area contributed by atoms with Gasteiger partial charge in [0, 0.05) is 22.8 Å². The summed E-state index contributed by atoms with van der Waals surface area (Å²) in [5.74, 6) is 0.728. The fourth-order valence-electron chi connectivity index (χ4n) is 3.75. The molecule has 2 N–H and O–H groups in total. The van der Waals surface area contributed by atoms with E-state index in [2.05, 4.69) is 36.4 Å². The predicted octanol–water partition coefficient (Wildman–Crippen LogP) is 4.15. The first-order chi connectivity index (χ1) is 11.4. The predicted molar refractivity (Wildman–Crippen MR) is 97.4 cm³/mol. The Kier molecular flexibility index (Phi) is 3.64. The Labute approximate surface area is 146 Å². The van der Waals surface area contributed by atoms with Crippen molar-refractivity contribution in [2.45, 2.75) is 46.2 Å². The van der Waals surface area contributed by atoms with Crippen LogP contribution in [0.15, 0.2) is 24.5 Å². The number of hydrogen-bond acceptors (Lipinski definition) is 4. The van der Waals surface area contributed by atoms with Crippen LogP contribution in [-0.2, 0) is 12.8 Å². The zero-order chi connectivity index (χ0) is 16.9. The molecule has 5 heteroatoms. The molecule has 2 aromatic rings. The number of pyridine rings is 1. The molecule has 2 atom stereocenters. The Bertz CT molecular complexity index is 776. The third-order valence-corrected chi connectivity index (χ3v) is 6.47. The van der Waals surface area contributed by atoms with E-state index in [1.165, 1.54) is 16.9 Å². The number of carbonyl (C=O) groups excluding carboxylic acids is 1. The largest absolute Gasteiger partial charge is 0.353 e. The molecule has 4 nitrogen and oxygen atoms in total. The number of thiophene rings is 1. The lowest BCUT2D eigenvalue weighted by Crippen LogP contribution is -2.38. The van der Waals surface area contributed by atoms with Crippen LogP contribution in [0.1, 0.15) is 59.7 Å². The third-order valence-electron chi connectivity index (χ3n) is 5.29. The van der Waals surface area contributed by atoms with Gasteiger partial charge in [0.1, 0.15) is 11.2 Å². The smallest absolute Gasteiger partial charge is 0.256 e. The lowest BCUT2D eigenvalue weighted by Gasteiger charge is -2.34. The fourth-order valence-corrected chi connectivity index (χ4v) is 5.10. The van der Waals surface area contributed by atoms with E-state index in [1.54, 1.807) is 23.7 Å². The molecule has 1 aliphatic carbocycles. The number of hydrogen-bond donors (Lipinski definition) is 2. The first kappa shape index (κ1) is 15.6. The average Bonchev–Trinajstić information content (AvgIpc) is 2.92. The SMILES string of the molecule is CC(C)(C)[C@@H]1CCc2c(sc3c2C(=O)N[C@H](c2cccnc2)N3)C1. The number of amides is 1. The van der Waals surface area contributed by atoms with Crippen molar-refractivity contribution in [3.8, 4) is 0 Å². The molecular formula is C19H23N3OS. The monoisotopic (exact) mass is 341 g/mol. The number of nitrogens with one attached hydrogen (secondary N) is 2. The van der Waals surface area contributed by atoms with Gasteiger partial charge in [-0.2, -0.15) is 0 Å². The Morgan fingerprint density at radius 1 is 1.29 bits per heavy atom. The molecule has 0 radical (unpaired) electrons. The first-order valence-corrected chi connectivity index (χ1v) is 9.37. The minimum absolute atomic E-state index is 0.0457. The lowest BCUT2D eigenvalue weighted by molar-refractivity contribution is 0.0935. The summed E-state index contributed by atoms with van der Waals surface area (Å²) < 4.78 is 0. The van der Waals surface area contributed by atoms with Crippen LogP contribution < -0.4 is 10.6 Å². The molecule has 3 heterocycles. The van der Waals surface area contributed by atoms with Gasteiger partial charge in [-0.25, -0.2) is 0 Å². The molecule has 0 saturated heterocycles. The summed E-state index contributed by atoms with van der Waals surface area (Å²) in [6, 6.07) is 3.88. The number of rotatable bonds is 1. The summed E-state index contributed by atoms with van der Waals surface area (Å²) in [6.45, 7) is 6.96. The Hall–Kier alpha value is -1.88. The quantitative estimate of drug-likeness (QED) is 0.819. The maximum Gasteiger partial charge on any atom is 0.256 e. The van der Waals surface area contributed by atoms with Gasteiger partial charge in [0.25, 0.3) is 5.91 Å². The molecule has 0 aromatic carbocycles. The van der Waals surface area contributed by atoms with Gasteiger partial charge in [0.2, 0.25) is 0 Å². The summed E-state index contributed by atoms with van der Waals surface area (Å²) in [5.41, 5.74) is 3.44. The molecule has 0 fully saturated rings.